The first-order chi connectivity index (χ1) is 15.7. The fourth-order valence-electron chi connectivity index (χ4n) is 4.46. The first kappa shape index (κ1) is 22.0. The van der Waals surface area contributed by atoms with Crippen LogP contribution in [0.25, 0.3) is 11.1 Å². The van der Waals surface area contributed by atoms with Gasteiger partial charge in [-0.05, 0) is 73.0 Å². The monoisotopic (exact) mass is 432 g/mol. The molecule has 32 heavy (non-hydrogen) atoms. The predicted octanol–water partition coefficient (Wildman–Crippen LogP) is 5.14. The maximum Gasteiger partial charge on any atom is 0.203 e. The summed E-state index contributed by atoms with van der Waals surface area (Å²) in [5.41, 5.74) is 4.71. The standard InChI is InChI=1S/C27H32N2O3/c1-30-25-17-22(18-26(31-2)27(25)32-3)21-9-7-8-20(16-21)19-29(23-10-5-4-6-11-23)24-12-14-28-15-13-24/h4-11,16-18,24,28H,12-15,19H2,1-3H3. The Hall–Kier alpha value is -3.18. The van der Waals surface area contributed by atoms with Crippen molar-refractivity contribution in [1.82, 2.24) is 5.32 Å². The van der Waals surface area contributed by atoms with Crippen molar-refractivity contribution >= 4 is 5.69 Å². The second-order valence-corrected chi connectivity index (χ2v) is 8.06. The zero-order chi connectivity index (χ0) is 22.3. The molecule has 1 aliphatic heterocycles. The molecule has 0 unspecified atom stereocenters. The van der Waals surface area contributed by atoms with Crippen LogP contribution < -0.4 is 24.4 Å². The average Bonchev–Trinajstić information content (AvgIpc) is 2.87. The van der Waals surface area contributed by atoms with E-state index in [-0.39, 0.29) is 0 Å². The second kappa shape index (κ2) is 10.4. The Labute approximate surface area is 190 Å². The smallest absolute Gasteiger partial charge is 0.203 e. The van der Waals surface area contributed by atoms with Gasteiger partial charge in [-0.25, -0.2) is 0 Å². The Morgan fingerprint density at radius 2 is 1.47 bits per heavy atom. The largest absolute Gasteiger partial charge is 0.493 e. The maximum absolute atomic E-state index is 5.55. The van der Waals surface area contributed by atoms with Gasteiger partial charge in [-0.15, -0.1) is 0 Å². The van der Waals surface area contributed by atoms with Crippen LogP contribution in [0.2, 0.25) is 0 Å². The van der Waals surface area contributed by atoms with E-state index in [1.807, 2.05) is 12.1 Å². The van der Waals surface area contributed by atoms with Gasteiger partial charge in [0.05, 0.1) is 21.3 Å². The molecule has 0 radical (unpaired) electrons. The zero-order valence-electron chi connectivity index (χ0n) is 19.1. The highest BCUT2D eigenvalue weighted by atomic mass is 16.5. The SMILES string of the molecule is COc1cc(-c2cccc(CN(c3ccccc3)C3CCNCC3)c2)cc(OC)c1OC. The molecule has 0 aromatic heterocycles. The molecule has 1 heterocycles. The normalized spacial score (nSPS) is 14.1. The molecule has 0 bridgehead atoms. The van der Waals surface area contributed by atoms with E-state index in [4.69, 9.17) is 14.2 Å². The summed E-state index contributed by atoms with van der Waals surface area (Å²) in [4.78, 5) is 2.55. The lowest BCUT2D eigenvalue weighted by atomic mass is 9.99. The molecule has 0 atom stereocenters. The Morgan fingerprint density at radius 3 is 2.09 bits per heavy atom. The number of hydrogen-bond acceptors (Lipinski definition) is 5. The first-order valence-electron chi connectivity index (χ1n) is 11.1. The molecule has 5 nitrogen and oxygen atoms in total. The van der Waals surface area contributed by atoms with Crippen LogP contribution in [0.15, 0.2) is 66.7 Å². The van der Waals surface area contributed by atoms with Crippen LogP contribution in [0.3, 0.4) is 0 Å². The molecule has 0 spiro atoms. The zero-order valence-corrected chi connectivity index (χ0v) is 19.1. The molecule has 5 heteroatoms. The number of methoxy groups -OCH3 is 3. The first-order valence-corrected chi connectivity index (χ1v) is 11.1. The highest BCUT2D eigenvalue weighted by molar-refractivity contribution is 5.71. The van der Waals surface area contributed by atoms with Crippen LogP contribution >= 0.6 is 0 Å². The van der Waals surface area contributed by atoms with Crippen molar-refractivity contribution in [2.24, 2.45) is 0 Å². The molecule has 168 valence electrons. The van der Waals surface area contributed by atoms with Crippen molar-refractivity contribution in [1.29, 1.82) is 0 Å². The van der Waals surface area contributed by atoms with Crippen molar-refractivity contribution in [3.8, 4) is 28.4 Å². The summed E-state index contributed by atoms with van der Waals surface area (Å²) < 4.78 is 16.6. The van der Waals surface area contributed by atoms with Gasteiger partial charge in [-0.1, -0.05) is 36.4 Å². The van der Waals surface area contributed by atoms with Crippen LogP contribution in [0.1, 0.15) is 18.4 Å². The van der Waals surface area contributed by atoms with Gasteiger partial charge < -0.3 is 24.4 Å². The van der Waals surface area contributed by atoms with Crippen LogP contribution in [-0.4, -0.2) is 40.5 Å². The topological polar surface area (TPSA) is 43.0 Å². The molecule has 0 aliphatic carbocycles. The highest BCUT2D eigenvalue weighted by Gasteiger charge is 2.22. The Kier molecular flexibility index (Phi) is 7.17. The minimum atomic E-state index is 0.531. The van der Waals surface area contributed by atoms with E-state index in [2.05, 4.69) is 64.8 Å². The molecule has 0 amide bonds. The average molecular weight is 433 g/mol. The lowest BCUT2D eigenvalue weighted by molar-refractivity contribution is 0.324. The van der Waals surface area contributed by atoms with Gasteiger partial charge in [0.15, 0.2) is 11.5 Å². The molecule has 3 aromatic rings. The number of ether oxygens (including phenoxy) is 3. The van der Waals surface area contributed by atoms with Crippen LogP contribution in [-0.2, 0) is 6.54 Å². The van der Waals surface area contributed by atoms with Crippen molar-refractivity contribution in [2.45, 2.75) is 25.4 Å². The van der Waals surface area contributed by atoms with E-state index in [1.54, 1.807) is 21.3 Å². The lowest BCUT2D eigenvalue weighted by Gasteiger charge is -2.36. The molecular weight excluding hydrogens is 400 g/mol. The van der Waals surface area contributed by atoms with Crippen molar-refractivity contribution in [3.05, 3.63) is 72.3 Å². The number of anilines is 1. The number of piperidine rings is 1. The molecule has 0 saturated carbocycles. The quantitative estimate of drug-likeness (QED) is 0.534. The van der Waals surface area contributed by atoms with Gasteiger partial charge in [0.25, 0.3) is 0 Å². The summed E-state index contributed by atoms with van der Waals surface area (Å²) in [5, 5.41) is 3.49. The summed E-state index contributed by atoms with van der Waals surface area (Å²) in [6.07, 6.45) is 2.31. The summed E-state index contributed by atoms with van der Waals surface area (Å²) in [6, 6.07) is 24.0. The number of para-hydroxylation sites is 1. The third-order valence-electron chi connectivity index (χ3n) is 6.12. The fourth-order valence-corrected chi connectivity index (χ4v) is 4.46. The second-order valence-electron chi connectivity index (χ2n) is 8.06. The summed E-state index contributed by atoms with van der Waals surface area (Å²) in [6.45, 7) is 3.01. The van der Waals surface area contributed by atoms with Crippen molar-refractivity contribution in [2.75, 3.05) is 39.3 Å². The van der Waals surface area contributed by atoms with Gasteiger partial charge in [0.2, 0.25) is 5.75 Å². The Morgan fingerprint density at radius 1 is 0.781 bits per heavy atom. The van der Waals surface area contributed by atoms with E-state index < -0.39 is 0 Å². The highest BCUT2D eigenvalue weighted by Crippen LogP contribution is 2.41. The summed E-state index contributed by atoms with van der Waals surface area (Å²) in [5.74, 6) is 1.93. The molecule has 1 fully saturated rings. The minimum Gasteiger partial charge on any atom is -0.493 e. The summed E-state index contributed by atoms with van der Waals surface area (Å²) in [7, 11) is 4.92. The predicted molar refractivity (Wildman–Crippen MR) is 130 cm³/mol. The number of rotatable bonds is 8. The van der Waals surface area contributed by atoms with E-state index >= 15 is 0 Å². The molecule has 1 aliphatic rings. The van der Waals surface area contributed by atoms with Gasteiger partial charge in [0, 0.05) is 18.3 Å². The number of hydrogen-bond donors (Lipinski definition) is 1. The third-order valence-corrected chi connectivity index (χ3v) is 6.12. The van der Waals surface area contributed by atoms with Crippen LogP contribution in [0, 0.1) is 0 Å². The molecule has 4 rings (SSSR count). The minimum absolute atomic E-state index is 0.531. The number of benzene rings is 3. The maximum atomic E-state index is 5.55. The fraction of sp³-hybridized carbons (Fsp3) is 0.333. The van der Waals surface area contributed by atoms with Gasteiger partial charge in [-0.2, -0.15) is 0 Å². The van der Waals surface area contributed by atoms with E-state index in [9.17, 15) is 0 Å². The Balaban J connectivity index is 1.66. The van der Waals surface area contributed by atoms with Gasteiger partial charge in [0.1, 0.15) is 0 Å². The molecule has 1 N–H and O–H groups in total. The van der Waals surface area contributed by atoms with Crippen LogP contribution in [0.4, 0.5) is 5.69 Å². The number of nitrogens with one attached hydrogen (secondary N) is 1. The van der Waals surface area contributed by atoms with Crippen molar-refractivity contribution < 1.29 is 14.2 Å². The summed E-state index contributed by atoms with van der Waals surface area (Å²) >= 11 is 0. The van der Waals surface area contributed by atoms with Gasteiger partial charge in [-0.3, -0.25) is 0 Å². The van der Waals surface area contributed by atoms with Crippen LogP contribution in [0.5, 0.6) is 17.2 Å². The third kappa shape index (κ3) is 4.83. The molecular formula is C27H32N2O3. The van der Waals surface area contributed by atoms with Gasteiger partial charge >= 0.3 is 0 Å². The molecule has 3 aromatic carbocycles. The Bertz CT molecular complexity index is 991. The van der Waals surface area contributed by atoms with E-state index in [0.717, 1.165) is 43.6 Å². The molecule has 1 saturated heterocycles. The van der Waals surface area contributed by atoms with E-state index in [1.165, 1.54) is 11.3 Å². The number of nitrogens with zero attached hydrogens (tertiary/aromatic N) is 1. The van der Waals surface area contributed by atoms with E-state index in [0.29, 0.717) is 23.3 Å². The van der Waals surface area contributed by atoms with Crippen molar-refractivity contribution in [3.63, 3.8) is 0 Å². The lowest BCUT2D eigenvalue weighted by Crippen LogP contribution is -2.43.